The number of amides is 3. The van der Waals surface area contributed by atoms with E-state index >= 15 is 0 Å². The highest BCUT2D eigenvalue weighted by Crippen LogP contribution is 2.33. The third kappa shape index (κ3) is 6.21. The van der Waals surface area contributed by atoms with E-state index in [0.717, 1.165) is 34.4 Å². The Bertz CT molecular complexity index is 1070. The summed E-state index contributed by atoms with van der Waals surface area (Å²) in [6.45, 7) is 6.71. The van der Waals surface area contributed by atoms with Gasteiger partial charge in [-0.1, -0.05) is 62.4 Å². The highest BCUT2D eigenvalue weighted by Gasteiger charge is 2.46. The van der Waals surface area contributed by atoms with E-state index in [4.69, 9.17) is 5.41 Å². The summed E-state index contributed by atoms with van der Waals surface area (Å²) in [6.07, 6.45) is 6.92. The molecule has 4 N–H and O–H groups in total. The molecule has 7 heteroatoms. The van der Waals surface area contributed by atoms with Gasteiger partial charge in [-0.15, -0.1) is 0 Å². The van der Waals surface area contributed by atoms with E-state index in [1.165, 1.54) is 32.1 Å². The van der Waals surface area contributed by atoms with Crippen LogP contribution in [0.25, 0.3) is 0 Å². The lowest BCUT2D eigenvalue weighted by Crippen LogP contribution is -2.45. The van der Waals surface area contributed by atoms with Crippen molar-refractivity contribution in [2.75, 3.05) is 5.32 Å². The predicted octanol–water partition coefficient (Wildman–Crippen LogP) is 5.22. The number of nitrogens with one attached hydrogen (secondary N) is 4. The Morgan fingerprint density at radius 3 is 2.34 bits per heavy atom. The van der Waals surface area contributed by atoms with Crippen LogP contribution in [0, 0.1) is 25.2 Å². The van der Waals surface area contributed by atoms with Gasteiger partial charge in [-0.3, -0.25) is 15.1 Å². The number of hydrogen-bond acceptors (Lipinski definition) is 3. The van der Waals surface area contributed by atoms with E-state index in [-0.39, 0.29) is 17.9 Å². The Morgan fingerprint density at radius 1 is 1.06 bits per heavy atom. The summed E-state index contributed by atoms with van der Waals surface area (Å²) in [6, 6.07) is 13.5. The first-order valence-corrected chi connectivity index (χ1v) is 12.6. The molecule has 1 saturated heterocycles. The number of aryl methyl sites for hydroxylation is 2. The first-order valence-electron chi connectivity index (χ1n) is 12.6. The smallest absolute Gasteiger partial charge is 0.319 e. The standard InChI is InChI=1S/C28H37N5O2/c1-19-13-20(2)15-24(14-19)31-27(35)30-17-22-9-11-23(12-10-22)18-33-25(34)28(3,32-26(33)29)16-21-7-5-4-6-8-21/h9-15,21H,4-8,16-18H2,1-3H3,(H2,29,32)(H2,30,31,35). The number of urea groups is 1. The zero-order chi connectivity index (χ0) is 25.0. The van der Waals surface area contributed by atoms with Gasteiger partial charge in [0, 0.05) is 12.2 Å². The molecule has 0 aromatic heterocycles. The molecule has 7 nitrogen and oxygen atoms in total. The second kappa shape index (κ2) is 10.5. The maximum atomic E-state index is 13.2. The van der Waals surface area contributed by atoms with Gasteiger partial charge in [0.15, 0.2) is 5.96 Å². The molecule has 2 aromatic carbocycles. The number of carbonyl (C=O) groups excluding carboxylic acids is 2. The molecule has 2 aromatic rings. The van der Waals surface area contributed by atoms with E-state index in [1.807, 2.05) is 57.2 Å². The second-order valence-electron chi connectivity index (χ2n) is 10.4. The van der Waals surface area contributed by atoms with Crippen molar-refractivity contribution in [3.8, 4) is 0 Å². The van der Waals surface area contributed by atoms with Gasteiger partial charge in [-0.05, 0) is 67.5 Å². The van der Waals surface area contributed by atoms with Gasteiger partial charge in [-0.25, -0.2) is 4.79 Å². The van der Waals surface area contributed by atoms with Crippen molar-refractivity contribution in [1.29, 1.82) is 5.41 Å². The van der Waals surface area contributed by atoms with Crippen molar-refractivity contribution in [3.05, 3.63) is 64.7 Å². The van der Waals surface area contributed by atoms with Crippen LogP contribution in [-0.2, 0) is 17.9 Å². The van der Waals surface area contributed by atoms with Crippen LogP contribution in [0.3, 0.4) is 0 Å². The van der Waals surface area contributed by atoms with E-state index in [9.17, 15) is 9.59 Å². The molecule has 0 radical (unpaired) electrons. The minimum absolute atomic E-state index is 0.0122. The summed E-state index contributed by atoms with van der Waals surface area (Å²) in [5.41, 5.74) is 4.21. The van der Waals surface area contributed by atoms with E-state index in [2.05, 4.69) is 22.0 Å². The quantitative estimate of drug-likeness (QED) is 0.442. The summed E-state index contributed by atoms with van der Waals surface area (Å²) in [5.74, 6) is 0.723. The summed E-state index contributed by atoms with van der Waals surface area (Å²) < 4.78 is 0. The largest absolute Gasteiger partial charge is 0.342 e. The average Bonchev–Trinajstić information content (AvgIpc) is 3.01. The highest BCUT2D eigenvalue weighted by atomic mass is 16.2. The fourth-order valence-corrected chi connectivity index (χ4v) is 5.39. The molecular formula is C28H37N5O2. The summed E-state index contributed by atoms with van der Waals surface area (Å²) in [4.78, 5) is 27.1. The molecule has 2 aliphatic rings. The molecular weight excluding hydrogens is 438 g/mol. The Hall–Kier alpha value is -3.35. The lowest BCUT2D eigenvalue weighted by molar-refractivity contribution is -0.131. The van der Waals surface area contributed by atoms with E-state index < -0.39 is 5.54 Å². The van der Waals surface area contributed by atoms with Crippen molar-refractivity contribution in [2.24, 2.45) is 5.92 Å². The average molecular weight is 476 g/mol. The number of rotatable bonds is 7. The zero-order valence-corrected chi connectivity index (χ0v) is 21.0. The highest BCUT2D eigenvalue weighted by molar-refractivity contribution is 6.07. The normalized spacial score (nSPS) is 20.6. The van der Waals surface area contributed by atoms with Crippen LogP contribution in [0.1, 0.15) is 67.7 Å². The Morgan fingerprint density at radius 2 is 1.69 bits per heavy atom. The van der Waals surface area contributed by atoms with Crippen LogP contribution < -0.4 is 16.0 Å². The van der Waals surface area contributed by atoms with E-state index in [1.54, 1.807) is 4.90 Å². The lowest BCUT2D eigenvalue weighted by Gasteiger charge is -2.30. The zero-order valence-electron chi connectivity index (χ0n) is 21.0. The summed E-state index contributed by atoms with van der Waals surface area (Å²) in [7, 11) is 0. The molecule has 186 valence electrons. The second-order valence-corrected chi connectivity index (χ2v) is 10.4. The number of guanidine groups is 1. The van der Waals surface area contributed by atoms with Crippen LogP contribution in [0.15, 0.2) is 42.5 Å². The molecule has 1 aliphatic heterocycles. The first kappa shape index (κ1) is 24.8. The first-order chi connectivity index (χ1) is 16.7. The van der Waals surface area contributed by atoms with Gasteiger partial charge in [0.2, 0.25) is 0 Å². The molecule has 1 heterocycles. The molecule has 1 aliphatic carbocycles. The summed E-state index contributed by atoms with van der Waals surface area (Å²) >= 11 is 0. The molecule has 0 spiro atoms. The third-order valence-electron chi connectivity index (χ3n) is 7.10. The monoisotopic (exact) mass is 475 g/mol. The molecule has 2 fully saturated rings. The fraction of sp³-hybridized carbons (Fsp3) is 0.464. The van der Waals surface area contributed by atoms with Gasteiger partial charge in [0.25, 0.3) is 5.91 Å². The topological polar surface area (TPSA) is 97.3 Å². The maximum Gasteiger partial charge on any atom is 0.319 e. The predicted molar refractivity (Wildman–Crippen MR) is 139 cm³/mol. The molecule has 4 rings (SSSR count). The van der Waals surface area contributed by atoms with Crippen molar-refractivity contribution < 1.29 is 9.59 Å². The SMILES string of the molecule is Cc1cc(C)cc(NC(=O)NCc2ccc(CN3C(=N)NC(C)(CC4CCCCC4)C3=O)cc2)c1. The van der Waals surface area contributed by atoms with Crippen molar-refractivity contribution in [1.82, 2.24) is 15.5 Å². The molecule has 3 amide bonds. The Kier molecular flexibility index (Phi) is 7.43. The Labute approximate surface area is 208 Å². The van der Waals surface area contributed by atoms with Gasteiger partial charge in [0.1, 0.15) is 5.54 Å². The number of hydrogen-bond donors (Lipinski definition) is 4. The van der Waals surface area contributed by atoms with Crippen LogP contribution in [0.5, 0.6) is 0 Å². The van der Waals surface area contributed by atoms with E-state index in [0.29, 0.717) is 19.0 Å². The maximum absolute atomic E-state index is 13.2. The van der Waals surface area contributed by atoms with Crippen LogP contribution >= 0.6 is 0 Å². The van der Waals surface area contributed by atoms with Crippen LogP contribution in [-0.4, -0.2) is 28.3 Å². The minimum Gasteiger partial charge on any atom is -0.342 e. The van der Waals surface area contributed by atoms with Crippen molar-refractivity contribution in [3.63, 3.8) is 0 Å². The number of nitrogens with zero attached hydrogens (tertiary/aromatic N) is 1. The molecule has 1 saturated carbocycles. The van der Waals surface area contributed by atoms with Gasteiger partial charge in [-0.2, -0.15) is 0 Å². The van der Waals surface area contributed by atoms with Crippen molar-refractivity contribution in [2.45, 2.75) is 77.9 Å². The molecule has 0 bridgehead atoms. The number of anilines is 1. The Balaban J connectivity index is 1.29. The lowest BCUT2D eigenvalue weighted by atomic mass is 9.80. The third-order valence-corrected chi connectivity index (χ3v) is 7.10. The van der Waals surface area contributed by atoms with Crippen LogP contribution in [0.2, 0.25) is 0 Å². The summed E-state index contributed by atoms with van der Waals surface area (Å²) in [5, 5.41) is 17.3. The molecule has 1 atom stereocenters. The molecule has 35 heavy (non-hydrogen) atoms. The minimum atomic E-state index is -0.688. The number of carbonyl (C=O) groups is 2. The molecule has 1 unspecified atom stereocenters. The van der Waals surface area contributed by atoms with Crippen molar-refractivity contribution >= 4 is 23.6 Å². The van der Waals surface area contributed by atoms with Gasteiger partial charge < -0.3 is 16.0 Å². The van der Waals surface area contributed by atoms with Crippen LogP contribution in [0.4, 0.5) is 10.5 Å². The number of benzene rings is 2. The fourth-order valence-electron chi connectivity index (χ4n) is 5.39. The van der Waals surface area contributed by atoms with Gasteiger partial charge in [0.05, 0.1) is 6.54 Å². The van der Waals surface area contributed by atoms with Gasteiger partial charge >= 0.3 is 6.03 Å².